The Morgan fingerprint density at radius 3 is 2.74 bits per heavy atom. The second-order valence-corrected chi connectivity index (χ2v) is 8.59. The lowest BCUT2D eigenvalue weighted by Crippen LogP contribution is -2.42. The minimum absolute atomic E-state index is 0.189. The Kier molecular flexibility index (Phi) is 5.74. The van der Waals surface area contributed by atoms with Gasteiger partial charge in [-0.15, -0.1) is 0 Å². The highest BCUT2D eigenvalue weighted by atomic mass is 16.7. The quantitative estimate of drug-likeness (QED) is 0.766. The Hall–Kier alpha value is -2.70. The topological polar surface area (TPSA) is 60.4 Å². The molecule has 0 unspecified atom stereocenters. The van der Waals surface area contributed by atoms with E-state index in [2.05, 4.69) is 23.1 Å². The Bertz CT molecular complexity index is 945. The molecule has 1 saturated heterocycles. The summed E-state index contributed by atoms with van der Waals surface area (Å²) in [5, 5.41) is 10.7. The summed E-state index contributed by atoms with van der Waals surface area (Å²) in [6, 6.07) is 13.6. The van der Waals surface area contributed by atoms with Crippen molar-refractivity contribution in [2.75, 3.05) is 33.5 Å². The molecular formula is C25H29NO5. The van der Waals surface area contributed by atoms with Crippen LogP contribution in [0.3, 0.4) is 0 Å². The fraction of sp³-hybridized carbons (Fsp3) is 0.440. The van der Waals surface area contributed by atoms with Crippen molar-refractivity contribution in [1.29, 1.82) is 0 Å². The molecule has 31 heavy (non-hydrogen) atoms. The smallest absolute Gasteiger partial charge is 0.231 e. The van der Waals surface area contributed by atoms with Crippen molar-refractivity contribution in [3.63, 3.8) is 0 Å². The van der Waals surface area contributed by atoms with Crippen LogP contribution in [0.1, 0.15) is 18.4 Å². The summed E-state index contributed by atoms with van der Waals surface area (Å²) in [7, 11) is 1.70. The van der Waals surface area contributed by atoms with Crippen LogP contribution in [0, 0.1) is 11.8 Å². The third-order valence-corrected chi connectivity index (χ3v) is 6.59. The third-order valence-electron chi connectivity index (χ3n) is 6.59. The largest absolute Gasteiger partial charge is 0.496 e. The van der Waals surface area contributed by atoms with E-state index in [0.29, 0.717) is 17.6 Å². The lowest BCUT2D eigenvalue weighted by Gasteiger charge is -2.35. The molecule has 0 radical (unpaired) electrons. The van der Waals surface area contributed by atoms with Gasteiger partial charge in [-0.3, -0.25) is 4.90 Å². The van der Waals surface area contributed by atoms with Crippen LogP contribution in [0.25, 0.3) is 6.08 Å². The van der Waals surface area contributed by atoms with E-state index in [1.165, 1.54) is 0 Å². The van der Waals surface area contributed by atoms with Gasteiger partial charge >= 0.3 is 0 Å². The Balaban J connectivity index is 1.17. The second-order valence-electron chi connectivity index (χ2n) is 8.59. The van der Waals surface area contributed by atoms with E-state index < -0.39 is 6.10 Å². The number of likely N-dealkylation sites (tertiary alicyclic amines) is 1. The zero-order valence-electron chi connectivity index (χ0n) is 17.8. The van der Waals surface area contributed by atoms with Gasteiger partial charge in [-0.2, -0.15) is 0 Å². The van der Waals surface area contributed by atoms with Crippen molar-refractivity contribution < 1.29 is 24.1 Å². The summed E-state index contributed by atoms with van der Waals surface area (Å²) in [6.45, 7) is 3.20. The molecule has 2 fully saturated rings. The number of ether oxygens (including phenoxy) is 4. The zero-order valence-corrected chi connectivity index (χ0v) is 17.8. The van der Waals surface area contributed by atoms with Crippen LogP contribution in [-0.4, -0.2) is 55.8 Å². The number of benzene rings is 2. The van der Waals surface area contributed by atoms with Crippen molar-refractivity contribution in [2.24, 2.45) is 11.8 Å². The van der Waals surface area contributed by atoms with Gasteiger partial charge in [0.15, 0.2) is 11.5 Å². The van der Waals surface area contributed by atoms with Crippen LogP contribution in [0.5, 0.6) is 23.0 Å². The first-order valence-electron chi connectivity index (χ1n) is 11.0. The Morgan fingerprint density at radius 2 is 1.87 bits per heavy atom. The minimum Gasteiger partial charge on any atom is -0.496 e. The maximum atomic E-state index is 10.7. The van der Waals surface area contributed by atoms with Crippen LogP contribution >= 0.6 is 0 Å². The van der Waals surface area contributed by atoms with E-state index in [1.54, 1.807) is 7.11 Å². The number of hydrogen-bond donors (Lipinski definition) is 1. The molecule has 5 rings (SSSR count). The molecule has 2 heterocycles. The number of para-hydroxylation sites is 1. The normalized spacial score (nSPS) is 27.4. The van der Waals surface area contributed by atoms with E-state index >= 15 is 0 Å². The molecule has 0 aromatic heterocycles. The summed E-state index contributed by atoms with van der Waals surface area (Å²) < 4.78 is 22.4. The number of fused-ring (bicyclic) bond motifs is 2. The fourth-order valence-electron chi connectivity index (χ4n) is 5.02. The lowest BCUT2D eigenvalue weighted by molar-refractivity contribution is -0.0232. The first-order valence-corrected chi connectivity index (χ1v) is 11.0. The van der Waals surface area contributed by atoms with Crippen LogP contribution in [0.15, 0.2) is 48.5 Å². The first kappa shape index (κ1) is 20.2. The van der Waals surface area contributed by atoms with Crippen LogP contribution < -0.4 is 18.9 Å². The third kappa shape index (κ3) is 4.36. The van der Waals surface area contributed by atoms with Crippen LogP contribution in [-0.2, 0) is 0 Å². The van der Waals surface area contributed by atoms with E-state index in [0.717, 1.165) is 55.3 Å². The Labute approximate surface area is 183 Å². The van der Waals surface area contributed by atoms with Crippen molar-refractivity contribution in [3.8, 4) is 23.0 Å². The minimum atomic E-state index is -0.448. The number of nitrogens with zero attached hydrogens (tertiary/aromatic N) is 1. The molecule has 6 heteroatoms. The van der Waals surface area contributed by atoms with Gasteiger partial charge in [-0.25, -0.2) is 0 Å². The molecule has 2 aliphatic heterocycles. The summed E-state index contributed by atoms with van der Waals surface area (Å²) in [6.07, 6.45) is 5.34. The molecule has 2 aromatic carbocycles. The number of rotatable bonds is 6. The molecular weight excluding hydrogens is 394 g/mol. The molecule has 6 nitrogen and oxygen atoms in total. The molecule has 2 aromatic rings. The average Bonchev–Trinajstić information content (AvgIpc) is 3.40. The molecule has 0 bridgehead atoms. The highest BCUT2D eigenvalue weighted by Crippen LogP contribution is 2.40. The van der Waals surface area contributed by atoms with Gasteiger partial charge in [0.1, 0.15) is 17.6 Å². The first-order chi connectivity index (χ1) is 15.2. The van der Waals surface area contributed by atoms with E-state index in [4.69, 9.17) is 18.9 Å². The highest BCUT2D eigenvalue weighted by molar-refractivity contribution is 5.57. The molecule has 1 N–H and O–H groups in total. The number of aliphatic hydroxyl groups excluding tert-OH is 1. The standard InChI is InChI=1S/C25H29NO5/c1-28-22-7-3-2-5-17(22)6-4-10-26-14-18-11-21(27)24(12-19(18)15-26)31-20-8-9-23-25(13-20)30-16-29-23/h2-9,13,18-19,21,24,27H,10-12,14-16H2,1H3/b6-4+/t18-,19+,21+,24+/m0/s1. The predicted molar refractivity (Wildman–Crippen MR) is 118 cm³/mol. The average molecular weight is 424 g/mol. The van der Waals surface area contributed by atoms with Gasteiger partial charge in [-0.05, 0) is 42.9 Å². The van der Waals surface area contributed by atoms with Crippen LogP contribution in [0.2, 0.25) is 0 Å². The van der Waals surface area contributed by atoms with Gasteiger partial charge in [0.05, 0.1) is 13.2 Å². The van der Waals surface area contributed by atoms with Gasteiger partial charge in [-0.1, -0.05) is 30.4 Å². The number of hydrogen-bond acceptors (Lipinski definition) is 6. The summed E-state index contributed by atoms with van der Waals surface area (Å²) >= 11 is 0. The maximum absolute atomic E-state index is 10.7. The molecule has 164 valence electrons. The van der Waals surface area contributed by atoms with Crippen molar-refractivity contribution >= 4 is 6.08 Å². The zero-order chi connectivity index (χ0) is 21.2. The summed E-state index contributed by atoms with van der Waals surface area (Å²) in [4.78, 5) is 2.47. The van der Waals surface area contributed by atoms with E-state index in [-0.39, 0.29) is 12.9 Å². The van der Waals surface area contributed by atoms with Crippen molar-refractivity contribution in [2.45, 2.75) is 25.0 Å². The van der Waals surface area contributed by atoms with Gasteiger partial charge in [0.25, 0.3) is 0 Å². The maximum Gasteiger partial charge on any atom is 0.231 e. The predicted octanol–water partition coefficient (Wildman–Crippen LogP) is 3.59. The van der Waals surface area contributed by atoms with Crippen LogP contribution in [0.4, 0.5) is 0 Å². The van der Waals surface area contributed by atoms with Gasteiger partial charge < -0.3 is 24.1 Å². The molecule has 0 spiro atoms. The summed E-state index contributed by atoms with van der Waals surface area (Å²) in [5.74, 6) is 4.12. The van der Waals surface area contributed by atoms with E-state index in [1.807, 2.05) is 36.4 Å². The molecule has 4 atom stereocenters. The molecule has 1 aliphatic carbocycles. The monoisotopic (exact) mass is 423 g/mol. The lowest BCUT2D eigenvalue weighted by atomic mass is 9.78. The molecule has 1 saturated carbocycles. The molecule has 3 aliphatic rings. The van der Waals surface area contributed by atoms with Gasteiger partial charge in [0, 0.05) is 31.3 Å². The van der Waals surface area contributed by atoms with Crippen molar-refractivity contribution in [3.05, 3.63) is 54.1 Å². The number of methoxy groups -OCH3 is 1. The second kappa shape index (κ2) is 8.81. The SMILES string of the molecule is COc1ccccc1/C=C/CN1C[C@H]2C[C@@H](Oc3ccc4c(c3)OCO4)[C@H](O)C[C@H]2C1. The summed E-state index contributed by atoms with van der Waals surface area (Å²) in [5.41, 5.74) is 1.09. The van der Waals surface area contributed by atoms with Crippen molar-refractivity contribution in [1.82, 2.24) is 4.90 Å². The highest BCUT2D eigenvalue weighted by Gasteiger charge is 2.42. The number of aliphatic hydroxyl groups is 1. The van der Waals surface area contributed by atoms with Gasteiger partial charge in [0.2, 0.25) is 6.79 Å². The Morgan fingerprint density at radius 1 is 1.06 bits per heavy atom. The van der Waals surface area contributed by atoms with E-state index in [9.17, 15) is 5.11 Å². The molecule has 0 amide bonds. The fourth-order valence-corrected chi connectivity index (χ4v) is 5.02.